The minimum absolute atomic E-state index is 0.0143. The highest BCUT2D eigenvalue weighted by Gasteiger charge is 2.47. The number of ether oxygens (including phenoxy) is 1. The van der Waals surface area contributed by atoms with E-state index in [1.807, 2.05) is 67.6 Å². The molecule has 0 aromatic heterocycles. The van der Waals surface area contributed by atoms with Crippen LogP contribution in [0.5, 0.6) is 17.2 Å². The van der Waals surface area contributed by atoms with Crippen LogP contribution in [0.25, 0.3) is 0 Å². The Morgan fingerprint density at radius 1 is 0.811 bits per heavy atom. The van der Waals surface area contributed by atoms with Crippen LogP contribution in [0, 0.1) is 0 Å². The maximum absolute atomic E-state index is 13.1. The molecular weight excluding hydrogens is 496 g/mol. The molecule has 3 aromatic carbocycles. The second-order valence-electron chi connectivity index (χ2n) is 10.5. The molecule has 0 saturated carbocycles. The van der Waals surface area contributed by atoms with E-state index in [4.69, 9.17) is 9.16 Å². The minimum atomic E-state index is -2.05. The number of phenols is 1. The fourth-order valence-corrected chi connectivity index (χ4v) is 11.4. The van der Waals surface area contributed by atoms with Crippen molar-refractivity contribution in [2.75, 3.05) is 0 Å². The Hall–Kier alpha value is -2.70. The van der Waals surface area contributed by atoms with Crippen molar-refractivity contribution >= 4 is 25.9 Å². The maximum Gasteiger partial charge on any atom is 0.258 e. The van der Waals surface area contributed by atoms with E-state index in [0.29, 0.717) is 39.4 Å². The lowest BCUT2D eigenvalue weighted by molar-refractivity contribution is 0.0994. The lowest BCUT2D eigenvalue weighted by Gasteiger charge is -2.42. The molecule has 198 valence electrons. The molecule has 1 atom stereocenters. The van der Waals surface area contributed by atoms with Crippen molar-refractivity contribution in [3.05, 3.63) is 83.9 Å². The number of rotatable bonds is 12. The second kappa shape index (κ2) is 12.7. The first-order chi connectivity index (χ1) is 17.5. The zero-order valence-corrected chi connectivity index (χ0v) is 24.8. The molecule has 0 aliphatic carbocycles. The molecule has 0 radical (unpaired) electrons. The number of aromatic hydroxyl groups is 1. The zero-order chi connectivity index (χ0) is 27.2. The summed E-state index contributed by atoms with van der Waals surface area (Å²) in [5.41, 5.74) is 3.14. The Morgan fingerprint density at radius 2 is 1.38 bits per heavy atom. The molecule has 1 N–H and O–H groups in total. The third-order valence-corrected chi connectivity index (χ3v) is 14.2. The third-order valence-electron chi connectivity index (χ3n) is 6.99. The van der Waals surface area contributed by atoms with E-state index in [0.717, 1.165) is 11.3 Å². The fraction of sp³-hybridized carbons (Fsp3) is 0.387. The van der Waals surface area contributed by atoms with Crippen molar-refractivity contribution in [1.29, 1.82) is 0 Å². The van der Waals surface area contributed by atoms with E-state index in [1.54, 1.807) is 12.1 Å². The number of ketones is 1. The van der Waals surface area contributed by atoms with Gasteiger partial charge < -0.3 is 14.3 Å². The molecule has 3 rings (SSSR count). The molecule has 0 heterocycles. The van der Waals surface area contributed by atoms with E-state index < -0.39 is 8.32 Å². The fourth-order valence-electron chi connectivity index (χ4n) is 5.15. The Balaban J connectivity index is 1.64. The predicted octanol–water partition coefficient (Wildman–Crippen LogP) is 8.89. The quantitative estimate of drug-likeness (QED) is 0.142. The smallest absolute Gasteiger partial charge is 0.258 e. The van der Waals surface area contributed by atoms with Crippen molar-refractivity contribution in [2.45, 2.75) is 81.8 Å². The summed E-state index contributed by atoms with van der Waals surface area (Å²) in [6.45, 7) is 15.9. The molecule has 4 nitrogen and oxygen atoms in total. The van der Waals surface area contributed by atoms with Gasteiger partial charge >= 0.3 is 0 Å². The van der Waals surface area contributed by atoms with Gasteiger partial charge in [-0.3, -0.25) is 4.79 Å². The second-order valence-corrected chi connectivity index (χ2v) is 17.2. The third kappa shape index (κ3) is 6.99. The zero-order valence-electron chi connectivity index (χ0n) is 23.0. The number of thioether (sulfide) groups is 1. The summed E-state index contributed by atoms with van der Waals surface area (Å²) in [4.78, 5) is 13.8. The molecular formula is C31H40O4SSi. The topological polar surface area (TPSA) is 55.8 Å². The Labute approximate surface area is 227 Å². The summed E-state index contributed by atoms with van der Waals surface area (Å²) < 4.78 is 12.5. The predicted molar refractivity (Wildman–Crippen MR) is 157 cm³/mol. The molecule has 0 aliphatic rings. The van der Waals surface area contributed by atoms with Crippen LogP contribution in [0.2, 0.25) is 16.6 Å². The van der Waals surface area contributed by atoms with Gasteiger partial charge in [-0.25, -0.2) is 0 Å². The normalized spacial score (nSPS) is 12.7. The molecule has 0 bridgehead atoms. The van der Waals surface area contributed by atoms with Crippen LogP contribution in [0.4, 0.5) is 0 Å². The van der Waals surface area contributed by atoms with E-state index in [1.165, 1.54) is 11.8 Å². The monoisotopic (exact) mass is 536 g/mol. The molecule has 0 aliphatic heterocycles. The van der Waals surface area contributed by atoms with Crippen molar-refractivity contribution in [3.63, 3.8) is 0 Å². The number of hydrogen-bond donors (Lipinski definition) is 1. The van der Waals surface area contributed by atoms with Gasteiger partial charge in [-0.1, -0.05) is 71.9 Å². The lowest BCUT2D eigenvalue weighted by Crippen LogP contribution is -2.50. The van der Waals surface area contributed by atoms with E-state index >= 15 is 0 Å². The van der Waals surface area contributed by atoms with Gasteiger partial charge in [-0.05, 0) is 65.5 Å². The molecule has 6 heteroatoms. The van der Waals surface area contributed by atoms with Crippen LogP contribution in [0.3, 0.4) is 0 Å². The van der Waals surface area contributed by atoms with Crippen molar-refractivity contribution in [1.82, 2.24) is 0 Å². The van der Waals surface area contributed by atoms with Crippen LogP contribution in [0.1, 0.15) is 64.4 Å². The summed E-state index contributed by atoms with van der Waals surface area (Å²) in [5.74, 6) is 1.55. The van der Waals surface area contributed by atoms with Crippen LogP contribution in [0.15, 0.2) is 77.7 Å². The Bertz CT molecular complexity index is 1140. The van der Waals surface area contributed by atoms with E-state index in [2.05, 4.69) is 41.5 Å². The van der Waals surface area contributed by atoms with Gasteiger partial charge in [0.05, 0.1) is 10.1 Å². The van der Waals surface area contributed by atoms with Gasteiger partial charge in [0.2, 0.25) is 0 Å². The standard InChI is InChI=1S/C31H40O4SSi/c1-21(2)37(22(3)4,23(5)6)35-27-15-13-26(14-16-27)31(33)24(7)36-30-18-17-28(19-29(30)32)34-20-25-11-9-8-10-12-25/h8-19,21-24,32H,20H2,1-7H3. The average Bonchev–Trinajstić information content (AvgIpc) is 2.87. The van der Waals surface area contributed by atoms with E-state index in [-0.39, 0.29) is 16.8 Å². The number of phenolic OH excluding ortho intramolecular Hbond substituents is 1. The van der Waals surface area contributed by atoms with Crippen LogP contribution in [-0.4, -0.2) is 24.5 Å². The molecule has 3 aromatic rings. The summed E-state index contributed by atoms with van der Waals surface area (Å²) in [6.07, 6.45) is 0. The molecule has 37 heavy (non-hydrogen) atoms. The van der Waals surface area contributed by atoms with Gasteiger partial charge in [0, 0.05) is 11.6 Å². The lowest BCUT2D eigenvalue weighted by atomic mass is 10.1. The molecule has 0 amide bonds. The van der Waals surface area contributed by atoms with Gasteiger partial charge in [0.25, 0.3) is 8.32 Å². The molecule has 1 unspecified atom stereocenters. The van der Waals surface area contributed by atoms with Crippen molar-refractivity contribution in [2.24, 2.45) is 0 Å². The number of benzene rings is 3. The highest BCUT2D eigenvalue weighted by atomic mass is 32.2. The molecule has 0 fully saturated rings. The molecule has 0 saturated heterocycles. The summed E-state index contributed by atoms with van der Waals surface area (Å²) in [7, 11) is -2.05. The average molecular weight is 537 g/mol. The van der Waals surface area contributed by atoms with Crippen LogP contribution < -0.4 is 9.16 Å². The summed E-state index contributed by atoms with van der Waals surface area (Å²) in [5, 5.41) is 10.2. The minimum Gasteiger partial charge on any atom is -0.543 e. The van der Waals surface area contributed by atoms with Crippen molar-refractivity contribution < 1.29 is 19.1 Å². The van der Waals surface area contributed by atoms with Crippen LogP contribution >= 0.6 is 11.8 Å². The number of carbonyl (C=O) groups excluding carboxylic acids is 1. The number of Topliss-reactive ketones (excluding diaryl/α,β-unsaturated/α-hetero) is 1. The maximum atomic E-state index is 13.1. The number of carbonyl (C=O) groups is 1. The van der Waals surface area contributed by atoms with Gasteiger partial charge in [0.1, 0.15) is 23.9 Å². The van der Waals surface area contributed by atoms with Crippen molar-refractivity contribution in [3.8, 4) is 17.2 Å². The SMILES string of the molecule is CC(Sc1ccc(OCc2ccccc2)cc1O)C(=O)c1ccc(O[Si](C(C)C)(C(C)C)C(C)C)cc1. The van der Waals surface area contributed by atoms with Crippen LogP contribution in [-0.2, 0) is 6.61 Å². The highest BCUT2D eigenvalue weighted by Crippen LogP contribution is 2.43. The highest BCUT2D eigenvalue weighted by molar-refractivity contribution is 8.00. The first kappa shape index (κ1) is 28.9. The van der Waals surface area contributed by atoms with Gasteiger partial charge in [-0.2, -0.15) is 0 Å². The molecule has 0 spiro atoms. The van der Waals surface area contributed by atoms with Gasteiger partial charge in [-0.15, -0.1) is 11.8 Å². The summed E-state index contributed by atoms with van der Waals surface area (Å²) in [6, 6.07) is 22.7. The first-order valence-corrected chi connectivity index (χ1v) is 16.1. The Morgan fingerprint density at radius 3 is 1.92 bits per heavy atom. The summed E-state index contributed by atoms with van der Waals surface area (Å²) >= 11 is 1.34. The Kier molecular flexibility index (Phi) is 9.91. The van der Waals surface area contributed by atoms with E-state index in [9.17, 15) is 9.90 Å². The largest absolute Gasteiger partial charge is 0.543 e. The van der Waals surface area contributed by atoms with Gasteiger partial charge in [0.15, 0.2) is 5.78 Å². The number of hydrogen-bond acceptors (Lipinski definition) is 5. The first-order valence-electron chi connectivity index (χ1n) is 13.0.